The first-order chi connectivity index (χ1) is 8.17. The normalized spacial score (nSPS) is 11.1. The van der Waals surface area contributed by atoms with Crippen LogP contribution in [0.4, 0.5) is 10.5 Å². The van der Waals surface area contributed by atoms with Gasteiger partial charge >= 0.3 is 6.03 Å². The fourth-order valence-corrected chi connectivity index (χ4v) is 1.11. The summed E-state index contributed by atoms with van der Waals surface area (Å²) in [4.78, 5) is 15.4. The number of aromatic nitrogens is 1. The molecule has 1 heterocycles. The molecular formula is C11H14N4O2. The summed E-state index contributed by atoms with van der Waals surface area (Å²) in [6, 6.07) is 5.01. The Morgan fingerprint density at radius 1 is 1.71 bits per heavy atom. The quantitative estimate of drug-likeness (QED) is 0.823. The molecule has 1 aromatic heterocycles. The van der Waals surface area contributed by atoms with Gasteiger partial charge in [-0.15, -0.1) is 0 Å². The van der Waals surface area contributed by atoms with Gasteiger partial charge in [-0.2, -0.15) is 5.26 Å². The van der Waals surface area contributed by atoms with E-state index in [1.165, 1.54) is 7.11 Å². The van der Waals surface area contributed by atoms with Crippen molar-refractivity contribution in [1.82, 2.24) is 10.3 Å². The van der Waals surface area contributed by atoms with Crippen LogP contribution in [-0.4, -0.2) is 24.7 Å². The van der Waals surface area contributed by atoms with Crippen LogP contribution in [0.15, 0.2) is 18.3 Å². The van der Waals surface area contributed by atoms with Crippen LogP contribution in [0.5, 0.6) is 5.88 Å². The van der Waals surface area contributed by atoms with E-state index in [-0.39, 0.29) is 5.92 Å². The topological polar surface area (TPSA) is 87.0 Å². The third-order valence-electron chi connectivity index (χ3n) is 2.00. The zero-order chi connectivity index (χ0) is 12.7. The monoisotopic (exact) mass is 234 g/mol. The minimum Gasteiger partial charge on any atom is -0.480 e. The number of anilines is 1. The first-order valence-electron chi connectivity index (χ1n) is 5.11. The van der Waals surface area contributed by atoms with E-state index in [0.29, 0.717) is 18.1 Å². The number of pyridine rings is 1. The molecule has 0 bridgehead atoms. The highest BCUT2D eigenvalue weighted by Crippen LogP contribution is 2.19. The first-order valence-corrected chi connectivity index (χ1v) is 5.11. The molecule has 0 spiro atoms. The van der Waals surface area contributed by atoms with Crippen LogP contribution in [0, 0.1) is 17.2 Å². The number of carbonyl (C=O) groups excluding carboxylic acids is 1. The van der Waals surface area contributed by atoms with Crippen molar-refractivity contribution in [3.8, 4) is 11.9 Å². The van der Waals surface area contributed by atoms with Crippen molar-refractivity contribution in [1.29, 1.82) is 5.26 Å². The largest absolute Gasteiger partial charge is 0.480 e. The van der Waals surface area contributed by atoms with Crippen molar-refractivity contribution >= 4 is 11.7 Å². The van der Waals surface area contributed by atoms with E-state index in [1.54, 1.807) is 25.3 Å². The molecule has 0 saturated carbocycles. The number of methoxy groups -OCH3 is 1. The zero-order valence-electron chi connectivity index (χ0n) is 9.73. The Kier molecular flexibility index (Phi) is 4.76. The number of carbonyl (C=O) groups is 1. The Balaban J connectivity index is 2.54. The number of rotatable bonds is 4. The molecular weight excluding hydrogens is 220 g/mol. The van der Waals surface area contributed by atoms with E-state index in [1.807, 2.05) is 6.07 Å². The van der Waals surface area contributed by atoms with Gasteiger partial charge in [0.15, 0.2) is 0 Å². The highest BCUT2D eigenvalue weighted by atomic mass is 16.5. The van der Waals surface area contributed by atoms with Gasteiger partial charge in [-0.3, -0.25) is 0 Å². The molecule has 1 aromatic rings. The lowest BCUT2D eigenvalue weighted by molar-refractivity contribution is 0.251. The Hall–Kier alpha value is -2.29. The molecule has 1 rings (SSSR count). The molecule has 1 atom stereocenters. The summed E-state index contributed by atoms with van der Waals surface area (Å²) < 4.78 is 4.99. The lowest BCUT2D eigenvalue weighted by Crippen LogP contribution is -2.32. The summed E-state index contributed by atoms with van der Waals surface area (Å²) >= 11 is 0. The van der Waals surface area contributed by atoms with Gasteiger partial charge in [0.05, 0.1) is 19.1 Å². The SMILES string of the molecule is COc1ncccc1NC(=O)NC[C@@H](C)C#N. The number of nitrogens with one attached hydrogen (secondary N) is 2. The van der Waals surface area contributed by atoms with Crippen LogP contribution in [0.25, 0.3) is 0 Å². The van der Waals surface area contributed by atoms with Crippen LogP contribution in [0.2, 0.25) is 0 Å². The molecule has 0 radical (unpaired) electrons. The Morgan fingerprint density at radius 3 is 3.12 bits per heavy atom. The van der Waals surface area contributed by atoms with Gasteiger partial charge in [0.25, 0.3) is 0 Å². The fraction of sp³-hybridized carbons (Fsp3) is 0.364. The third kappa shape index (κ3) is 3.99. The van der Waals surface area contributed by atoms with E-state index >= 15 is 0 Å². The minimum atomic E-state index is -0.390. The summed E-state index contributed by atoms with van der Waals surface area (Å²) in [5.74, 6) is 0.118. The highest BCUT2D eigenvalue weighted by Gasteiger charge is 2.08. The van der Waals surface area contributed by atoms with Crippen LogP contribution < -0.4 is 15.4 Å². The number of ether oxygens (including phenoxy) is 1. The summed E-state index contributed by atoms with van der Waals surface area (Å²) in [5.41, 5.74) is 0.483. The Labute approximate surface area is 99.6 Å². The molecule has 2 amide bonds. The minimum absolute atomic E-state index is 0.225. The molecule has 90 valence electrons. The number of hydrogen-bond acceptors (Lipinski definition) is 4. The van der Waals surface area contributed by atoms with E-state index in [9.17, 15) is 4.79 Å². The summed E-state index contributed by atoms with van der Waals surface area (Å²) in [6.07, 6.45) is 1.57. The predicted molar refractivity (Wildman–Crippen MR) is 62.6 cm³/mol. The van der Waals surface area contributed by atoms with Crippen LogP contribution in [-0.2, 0) is 0 Å². The van der Waals surface area contributed by atoms with Gasteiger partial charge in [-0.1, -0.05) is 0 Å². The van der Waals surface area contributed by atoms with Gasteiger partial charge in [0, 0.05) is 12.7 Å². The second-order valence-corrected chi connectivity index (χ2v) is 3.43. The van der Waals surface area contributed by atoms with Crippen molar-refractivity contribution in [3.63, 3.8) is 0 Å². The van der Waals surface area contributed by atoms with Crippen molar-refractivity contribution in [2.24, 2.45) is 5.92 Å². The Morgan fingerprint density at radius 2 is 2.47 bits per heavy atom. The van der Waals surface area contributed by atoms with E-state index in [0.717, 1.165) is 0 Å². The molecule has 0 aliphatic rings. The zero-order valence-corrected chi connectivity index (χ0v) is 9.73. The second kappa shape index (κ2) is 6.33. The summed E-state index contributed by atoms with van der Waals surface area (Å²) in [5, 5.41) is 13.7. The first kappa shape index (κ1) is 12.8. The maximum Gasteiger partial charge on any atom is 0.319 e. The maximum atomic E-state index is 11.5. The lowest BCUT2D eigenvalue weighted by Gasteiger charge is -2.10. The number of hydrogen-bond donors (Lipinski definition) is 2. The van der Waals surface area contributed by atoms with Crippen molar-refractivity contribution in [2.45, 2.75) is 6.92 Å². The molecule has 6 nitrogen and oxygen atoms in total. The number of nitrogens with zero attached hydrogens (tertiary/aromatic N) is 2. The summed E-state index contributed by atoms with van der Waals surface area (Å²) in [6.45, 7) is 2.02. The smallest absolute Gasteiger partial charge is 0.319 e. The molecule has 0 fully saturated rings. The average molecular weight is 234 g/mol. The molecule has 0 aliphatic heterocycles. The fourth-order valence-electron chi connectivity index (χ4n) is 1.11. The molecule has 0 unspecified atom stereocenters. The van der Waals surface area contributed by atoms with Crippen molar-refractivity contribution in [2.75, 3.05) is 19.0 Å². The third-order valence-corrected chi connectivity index (χ3v) is 2.00. The van der Waals surface area contributed by atoms with Crippen LogP contribution in [0.1, 0.15) is 6.92 Å². The predicted octanol–water partition coefficient (Wildman–Crippen LogP) is 1.37. The highest BCUT2D eigenvalue weighted by molar-refractivity contribution is 5.90. The molecule has 0 aromatic carbocycles. The average Bonchev–Trinajstić information content (AvgIpc) is 2.36. The van der Waals surface area contributed by atoms with Crippen LogP contribution in [0.3, 0.4) is 0 Å². The second-order valence-electron chi connectivity index (χ2n) is 3.43. The number of nitriles is 1. The standard InChI is InChI=1S/C11H14N4O2/c1-8(6-12)7-14-11(16)15-9-4-3-5-13-10(9)17-2/h3-5,8H,7H2,1-2H3,(H2,14,15,16)/t8-/m0/s1. The summed E-state index contributed by atoms with van der Waals surface area (Å²) in [7, 11) is 1.48. The molecule has 0 saturated heterocycles. The van der Waals surface area contributed by atoms with Crippen molar-refractivity contribution in [3.05, 3.63) is 18.3 Å². The number of amides is 2. The van der Waals surface area contributed by atoms with E-state index in [4.69, 9.17) is 10.00 Å². The molecule has 0 aliphatic carbocycles. The van der Waals surface area contributed by atoms with Gasteiger partial charge < -0.3 is 15.4 Å². The lowest BCUT2D eigenvalue weighted by atomic mass is 10.2. The van der Waals surface area contributed by atoms with Gasteiger partial charge in [0.1, 0.15) is 5.69 Å². The van der Waals surface area contributed by atoms with Gasteiger partial charge in [0.2, 0.25) is 5.88 Å². The Bertz CT molecular complexity index is 428. The number of urea groups is 1. The maximum absolute atomic E-state index is 11.5. The molecule has 6 heteroatoms. The molecule has 17 heavy (non-hydrogen) atoms. The van der Waals surface area contributed by atoms with Crippen molar-refractivity contribution < 1.29 is 9.53 Å². The molecule has 2 N–H and O–H groups in total. The van der Waals surface area contributed by atoms with Crippen LogP contribution >= 0.6 is 0 Å². The van der Waals surface area contributed by atoms with Gasteiger partial charge in [-0.05, 0) is 19.1 Å². The van der Waals surface area contributed by atoms with E-state index in [2.05, 4.69) is 15.6 Å². The van der Waals surface area contributed by atoms with Gasteiger partial charge in [-0.25, -0.2) is 9.78 Å². The van der Waals surface area contributed by atoms with E-state index < -0.39 is 6.03 Å².